The van der Waals surface area contributed by atoms with Gasteiger partial charge in [-0.2, -0.15) is 5.26 Å². The maximum Gasteiger partial charge on any atom is 0.251 e. The Bertz CT molecular complexity index is 456. The minimum absolute atomic E-state index is 0.0440. The first-order valence-corrected chi connectivity index (χ1v) is 7.05. The van der Waals surface area contributed by atoms with Crippen molar-refractivity contribution in [2.75, 3.05) is 0 Å². The summed E-state index contributed by atoms with van der Waals surface area (Å²) < 4.78 is 0. The second kappa shape index (κ2) is 6.01. The van der Waals surface area contributed by atoms with E-state index in [-0.39, 0.29) is 11.9 Å². The first-order chi connectivity index (χ1) is 8.69. The van der Waals surface area contributed by atoms with Gasteiger partial charge in [0.2, 0.25) is 0 Å². The molecule has 1 amide bonds. The topological polar surface area (TPSA) is 52.9 Å². The van der Waals surface area contributed by atoms with E-state index in [0.29, 0.717) is 16.0 Å². The number of hydrogen-bond acceptors (Lipinski definition) is 2. The second-order valence-corrected chi connectivity index (χ2v) is 5.91. The summed E-state index contributed by atoms with van der Waals surface area (Å²) in [6, 6.07) is 9.06. The number of carbonyl (C=O) groups excluding carboxylic acids is 1. The van der Waals surface area contributed by atoms with Gasteiger partial charge >= 0.3 is 0 Å². The van der Waals surface area contributed by atoms with Crippen LogP contribution in [0.2, 0.25) is 0 Å². The second-order valence-electron chi connectivity index (χ2n) is 4.61. The molecule has 0 aromatic heterocycles. The summed E-state index contributed by atoms with van der Waals surface area (Å²) in [6.45, 7) is 0. The van der Waals surface area contributed by atoms with Gasteiger partial charge in [-0.25, -0.2) is 0 Å². The zero-order chi connectivity index (χ0) is 13.0. The lowest BCUT2D eigenvalue weighted by atomic mass is 9.95. The molecule has 1 aliphatic carbocycles. The van der Waals surface area contributed by atoms with Crippen LogP contribution in [0, 0.1) is 11.3 Å². The van der Waals surface area contributed by atoms with Crippen LogP contribution in [0.1, 0.15) is 41.6 Å². The van der Waals surface area contributed by atoms with Crippen molar-refractivity contribution in [3.63, 3.8) is 0 Å². The van der Waals surface area contributed by atoms with Crippen LogP contribution in [-0.4, -0.2) is 16.8 Å². The Labute approximate surface area is 115 Å². The summed E-state index contributed by atoms with van der Waals surface area (Å²) in [5, 5.41) is 11.7. The van der Waals surface area contributed by atoms with Gasteiger partial charge in [0.05, 0.1) is 11.6 Å². The third-order valence-corrected chi connectivity index (χ3v) is 4.18. The molecule has 94 valence electrons. The molecule has 0 atom stereocenters. The molecule has 0 aliphatic heterocycles. The van der Waals surface area contributed by atoms with Crippen molar-refractivity contribution in [2.24, 2.45) is 0 Å². The molecule has 0 saturated heterocycles. The van der Waals surface area contributed by atoms with Crippen LogP contribution in [0.25, 0.3) is 0 Å². The maximum atomic E-state index is 12.0. The predicted molar refractivity (Wildman–Crippen MR) is 73.6 cm³/mol. The fourth-order valence-electron chi connectivity index (χ4n) is 2.16. The lowest BCUT2D eigenvalue weighted by Crippen LogP contribution is -2.37. The molecule has 0 spiro atoms. The van der Waals surface area contributed by atoms with Crippen LogP contribution in [0.5, 0.6) is 0 Å². The average Bonchev–Trinajstić information content (AvgIpc) is 2.41. The smallest absolute Gasteiger partial charge is 0.251 e. The van der Waals surface area contributed by atoms with Crippen LogP contribution >= 0.6 is 15.9 Å². The third kappa shape index (κ3) is 3.33. The highest BCUT2D eigenvalue weighted by Crippen LogP contribution is 2.24. The summed E-state index contributed by atoms with van der Waals surface area (Å²) >= 11 is 3.60. The van der Waals surface area contributed by atoms with Crippen molar-refractivity contribution in [1.29, 1.82) is 5.26 Å². The molecule has 1 aliphatic rings. The van der Waals surface area contributed by atoms with Gasteiger partial charge in [0.15, 0.2) is 0 Å². The monoisotopic (exact) mass is 306 g/mol. The summed E-state index contributed by atoms with van der Waals surface area (Å²) in [5.74, 6) is -0.0440. The van der Waals surface area contributed by atoms with Gasteiger partial charge in [-0.1, -0.05) is 15.9 Å². The minimum atomic E-state index is -0.0440. The number of alkyl halides is 1. The molecule has 0 unspecified atom stereocenters. The van der Waals surface area contributed by atoms with Crippen LogP contribution in [0.15, 0.2) is 24.3 Å². The Hall–Kier alpha value is -1.34. The van der Waals surface area contributed by atoms with Gasteiger partial charge in [0, 0.05) is 16.4 Å². The highest BCUT2D eigenvalue weighted by atomic mass is 79.9. The Morgan fingerprint density at radius 2 is 1.83 bits per heavy atom. The molecule has 1 N–H and O–H groups in total. The number of benzene rings is 1. The Morgan fingerprint density at radius 3 is 2.39 bits per heavy atom. The number of nitrogens with one attached hydrogen (secondary N) is 1. The molecule has 3 nitrogen and oxygen atoms in total. The van der Waals surface area contributed by atoms with E-state index < -0.39 is 0 Å². The number of amides is 1. The largest absolute Gasteiger partial charge is 0.349 e. The summed E-state index contributed by atoms with van der Waals surface area (Å²) in [6.07, 6.45) is 4.27. The Balaban J connectivity index is 1.93. The lowest BCUT2D eigenvalue weighted by Gasteiger charge is -2.26. The van der Waals surface area contributed by atoms with Crippen LogP contribution < -0.4 is 5.32 Å². The van der Waals surface area contributed by atoms with Crippen LogP contribution in [0.4, 0.5) is 0 Å². The molecule has 1 fully saturated rings. The van der Waals surface area contributed by atoms with E-state index in [1.807, 2.05) is 6.07 Å². The van der Waals surface area contributed by atoms with Crippen molar-refractivity contribution >= 4 is 21.8 Å². The fraction of sp³-hybridized carbons (Fsp3) is 0.429. The van der Waals surface area contributed by atoms with Gasteiger partial charge in [-0.05, 0) is 49.9 Å². The van der Waals surface area contributed by atoms with E-state index in [0.717, 1.165) is 25.7 Å². The predicted octanol–water partition coefficient (Wildman–Crippen LogP) is 2.99. The van der Waals surface area contributed by atoms with Crippen molar-refractivity contribution in [3.05, 3.63) is 35.4 Å². The third-order valence-electron chi connectivity index (χ3n) is 3.27. The number of halogens is 1. The lowest BCUT2D eigenvalue weighted by molar-refractivity contribution is 0.0928. The first kappa shape index (κ1) is 13.1. The van der Waals surface area contributed by atoms with Gasteiger partial charge in [-0.15, -0.1) is 0 Å². The molecule has 0 heterocycles. The molecular weight excluding hydrogens is 292 g/mol. The molecule has 4 heteroatoms. The molecule has 1 aromatic carbocycles. The number of carbonyl (C=O) groups is 1. The molecular formula is C14H15BrN2O. The van der Waals surface area contributed by atoms with E-state index in [1.165, 1.54) is 0 Å². The average molecular weight is 307 g/mol. The standard InChI is InChI=1S/C14H15BrN2O/c15-12-5-7-13(8-6-12)17-14(18)11-3-1-10(9-16)2-4-11/h1-4,12-13H,5-8H2,(H,17,18). The number of hydrogen-bond donors (Lipinski definition) is 1. The zero-order valence-corrected chi connectivity index (χ0v) is 11.6. The van der Waals surface area contributed by atoms with Crippen molar-refractivity contribution < 1.29 is 4.79 Å². The van der Waals surface area contributed by atoms with E-state index >= 15 is 0 Å². The Morgan fingerprint density at radius 1 is 1.22 bits per heavy atom. The maximum absolute atomic E-state index is 12.0. The van der Waals surface area contributed by atoms with Gasteiger partial charge in [0.1, 0.15) is 0 Å². The minimum Gasteiger partial charge on any atom is -0.349 e. The highest BCUT2D eigenvalue weighted by molar-refractivity contribution is 9.09. The van der Waals surface area contributed by atoms with Gasteiger partial charge in [-0.3, -0.25) is 4.79 Å². The summed E-state index contributed by atoms with van der Waals surface area (Å²) in [4.78, 5) is 12.6. The zero-order valence-electron chi connectivity index (χ0n) is 10.0. The molecule has 1 saturated carbocycles. The van der Waals surface area contributed by atoms with Crippen molar-refractivity contribution in [3.8, 4) is 6.07 Å². The molecule has 1 aromatic rings. The highest BCUT2D eigenvalue weighted by Gasteiger charge is 2.20. The molecule has 0 bridgehead atoms. The SMILES string of the molecule is N#Cc1ccc(C(=O)NC2CCC(Br)CC2)cc1. The Kier molecular flexibility index (Phi) is 4.38. The van der Waals surface area contributed by atoms with Crippen LogP contribution in [0.3, 0.4) is 0 Å². The first-order valence-electron chi connectivity index (χ1n) is 6.14. The van der Waals surface area contributed by atoms with Crippen molar-refractivity contribution in [1.82, 2.24) is 5.32 Å². The molecule has 2 rings (SSSR count). The summed E-state index contributed by atoms with van der Waals surface area (Å²) in [5.41, 5.74) is 1.20. The molecule has 0 radical (unpaired) electrons. The van der Waals surface area contributed by atoms with E-state index in [2.05, 4.69) is 21.2 Å². The van der Waals surface area contributed by atoms with Gasteiger partial charge < -0.3 is 5.32 Å². The van der Waals surface area contributed by atoms with Crippen LogP contribution in [-0.2, 0) is 0 Å². The van der Waals surface area contributed by atoms with E-state index in [1.54, 1.807) is 24.3 Å². The fourth-order valence-corrected chi connectivity index (χ4v) is 2.69. The normalized spacial score (nSPS) is 23.1. The van der Waals surface area contributed by atoms with Crippen molar-refractivity contribution in [2.45, 2.75) is 36.6 Å². The number of nitriles is 1. The quantitative estimate of drug-likeness (QED) is 0.854. The number of rotatable bonds is 2. The molecule has 18 heavy (non-hydrogen) atoms. The van der Waals surface area contributed by atoms with E-state index in [4.69, 9.17) is 5.26 Å². The number of nitrogens with zero attached hydrogens (tertiary/aromatic N) is 1. The summed E-state index contributed by atoms with van der Waals surface area (Å²) in [7, 11) is 0. The van der Waals surface area contributed by atoms with E-state index in [9.17, 15) is 4.79 Å². The van der Waals surface area contributed by atoms with Gasteiger partial charge in [0.25, 0.3) is 5.91 Å².